The van der Waals surface area contributed by atoms with Gasteiger partial charge in [0.25, 0.3) is 0 Å². The summed E-state index contributed by atoms with van der Waals surface area (Å²) in [5.41, 5.74) is 1.73. The SMILES string of the molecule is COC(=O)CCc1oc2ccc(C#N)cc2c1C(=O)c1ccc(OC)cc1. The van der Waals surface area contributed by atoms with E-state index in [9.17, 15) is 14.9 Å². The van der Waals surface area contributed by atoms with E-state index < -0.39 is 5.97 Å². The molecule has 0 aliphatic heterocycles. The number of ketones is 1. The molecule has 1 heterocycles. The van der Waals surface area contributed by atoms with E-state index >= 15 is 0 Å². The molecule has 0 aliphatic carbocycles. The van der Waals surface area contributed by atoms with Gasteiger partial charge in [0.15, 0.2) is 5.78 Å². The standard InChI is InChI=1S/C21H17NO5/c1-25-15-6-4-14(5-7-15)21(24)20-16-11-13(12-22)3-8-17(16)27-18(20)9-10-19(23)26-2/h3-8,11H,9-10H2,1-2H3. The second-order valence-corrected chi connectivity index (χ2v) is 5.86. The molecule has 0 saturated heterocycles. The molecular formula is C21H17NO5. The molecule has 0 unspecified atom stereocenters. The Balaban J connectivity index is 2.09. The van der Waals surface area contributed by atoms with Crippen LogP contribution in [0.15, 0.2) is 46.9 Å². The molecule has 3 aromatic rings. The van der Waals surface area contributed by atoms with Crippen LogP contribution in [0.2, 0.25) is 0 Å². The lowest BCUT2D eigenvalue weighted by atomic mass is 9.98. The van der Waals surface area contributed by atoms with E-state index in [1.54, 1.807) is 49.6 Å². The van der Waals surface area contributed by atoms with Crippen LogP contribution >= 0.6 is 0 Å². The zero-order valence-corrected chi connectivity index (χ0v) is 14.9. The molecule has 1 aromatic heterocycles. The van der Waals surface area contributed by atoms with Gasteiger partial charge in [-0.15, -0.1) is 0 Å². The van der Waals surface area contributed by atoms with E-state index in [1.807, 2.05) is 0 Å². The molecule has 0 amide bonds. The van der Waals surface area contributed by atoms with Crippen molar-refractivity contribution < 1.29 is 23.5 Å². The molecule has 27 heavy (non-hydrogen) atoms. The molecule has 0 N–H and O–H groups in total. The van der Waals surface area contributed by atoms with Crippen molar-refractivity contribution in [2.24, 2.45) is 0 Å². The number of furan rings is 1. The number of carbonyl (C=O) groups excluding carboxylic acids is 2. The predicted octanol–water partition coefficient (Wildman–Crippen LogP) is 3.65. The quantitative estimate of drug-likeness (QED) is 0.490. The molecule has 0 saturated carbocycles. The van der Waals surface area contributed by atoms with Gasteiger partial charge in [0.2, 0.25) is 0 Å². The zero-order chi connectivity index (χ0) is 19.4. The van der Waals surface area contributed by atoms with Gasteiger partial charge < -0.3 is 13.9 Å². The zero-order valence-electron chi connectivity index (χ0n) is 14.9. The van der Waals surface area contributed by atoms with Crippen molar-refractivity contribution in [1.29, 1.82) is 5.26 Å². The number of aryl methyl sites for hydroxylation is 1. The second-order valence-electron chi connectivity index (χ2n) is 5.86. The van der Waals surface area contributed by atoms with Crippen molar-refractivity contribution in [3.63, 3.8) is 0 Å². The normalized spacial score (nSPS) is 10.4. The van der Waals surface area contributed by atoms with Gasteiger partial charge in [0.05, 0.1) is 37.8 Å². The van der Waals surface area contributed by atoms with Crippen LogP contribution in [0.4, 0.5) is 0 Å². The Morgan fingerprint density at radius 1 is 1.11 bits per heavy atom. The van der Waals surface area contributed by atoms with Crippen LogP contribution in [-0.2, 0) is 16.0 Å². The fraction of sp³-hybridized carbons (Fsp3) is 0.190. The molecule has 0 radical (unpaired) electrons. The number of fused-ring (bicyclic) bond motifs is 1. The van der Waals surface area contributed by atoms with Gasteiger partial charge in [0.1, 0.15) is 17.1 Å². The van der Waals surface area contributed by atoms with Crippen molar-refractivity contribution in [1.82, 2.24) is 0 Å². The highest BCUT2D eigenvalue weighted by Gasteiger charge is 2.23. The van der Waals surface area contributed by atoms with Gasteiger partial charge in [-0.05, 0) is 42.5 Å². The van der Waals surface area contributed by atoms with E-state index in [2.05, 4.69) is 10.8 Å². The molecule has 6 nitrogen and oxygen atoms in total. The van der Waals surface area contributed by atoms with E-state index in [1.165, 1.54) is 7.11 Å². The highest BCUT2D eigenvalue weighted by atomic mass is 16.5. The fourth-order valence-corrected chi connectivity index (χ4v) is 2.85. The van der Waals surface area contributed by atoms with Gasteiger partial charge in [-0.2, -0.15) is 5.26 Å². The van der Waals surface area contributed by atoms with E-state index in [0.29, 0.717) is 39.2 Å². The Morgan fingerprint density at radius 2 is 1.85 bits per heavy atom. The molecule has 3 rings (SSSR count). The Morgan fingerprint density at radius 3 is 2.48 bits per heavy atom. The van der Waals surface area contributed by atoms with E-state index in [0.717, 1.165) is 0 Å². The molecule has 2 aromatic carbocycles. The van der Waals surface area contributed by atoms with Gasteiger partial charge in [-0.25, -0.2) is 0 Å². The molecule has 0 bridgehead atoms. The maximum Gasteiger partial charge on any atom is 0.305 e. The average molecular weight is 363 g/mol. The molecule has 6 heteroatoms. The minimum atomic E-state index is -0.393. The number of hydrogen-bond donors (Lipinski definition) is 0. The minimum absolute atomic E-state index is 0.0876. The van der Waals surface area contributed by atoms with Crippen LogP contribution in [0.1, 0.15) is 33.7 Å². The summed E-state index contributed by atoms with van der Waals surface area (Å²) in [5, 5.41) is 9.73. The Labute approximate surface area is 155 Å². The molecular weight excluding hydrogens is 346 g/mol. The number of nitriles is 1. The number of hydrogen-bond acceptors (Lipinski definition) is 6. The third-order valence-electron chi connectivity index (χ3n) is 4.25. The predicted molar refractivity (Wildman–Crippen MR) is 97.7 cm³/mol. The lowest BCUT2D eigenvalue weighted by Crippen LogP contribution is -2.07. The smallest absolute Gasteiger partial charge is 0.305 e. The summed E-state index contributed by atoms with van der Waals surface area (Å²) in [6, 6.07) is 13.7. The third kappa shape index (κ3) is 3.67. The van der Waals surface area contributed by atoms with Crippen LogP contribution in [-0.4, -0.2) is 26.0 Å². The summed E-state index contributed by atoms with van der Waals surface area (Å²) >= 11 is 0. The summed E-state index contributed by atoms with van der Waals surface area (Å²) in [4.78, 5) is 24.7. The van der Waals surface area contributed by atoms with Crippen LogP contribution in [0.25, 0.3) is 11.0 Å². The van der Waals surface area contributed by atoms with Crippen LogP contribution in [0.3, 0.4) is 0 Å². The number of esters is 1. The Kier molecular flexibility index (Phi) is 5.23. The Hall–Kier alpha value is -3.59. The number of nitrogens with zero attached hydrogens (tertiary/aromatic N) is 1. The Bertz CT molecular complexity index is 1040. The molecule has 0 spiro atoms. The lowest BCUT2D eigenvalue weighted by Gasteiger charge is -2.05. The third-order valence-corrected chi connectivity index (χ3v) is 4.25. The highest BCUT2D eigenvalue weighted by Crippen LogP contribution is 2.30. The summed E-state index contributed by atoms with van der Waals surface area (Å²) in [5.74, 6) is 0.398. The van der Waals surface area contributed by atoms with Crippen molar-refractivity contribution in [2.45, 2.75) is 12.8 Å². The first-order valence-corrected chi connectivity index (χ1v) is 8.28. The first-order chi connectivity index (χ1) is 13.1. The van der Waals surface area contributed by atoms with Gasteiger partial charge in [-0.1, -0.05) is 0 Å². The summed E-state index contributed by atoms with van der Waals surface area (Å²) in [7, 11) is 2.86. The first kappa shape index (κ1) is 18.2. The summed E-state index contributed by atoms with van der Waals surface area (Å²) < 4.78 is 15.6. The second kappa shape index (κ2) is 7.75. The maximum atomic E-state index is 13.2. The summed E-state index contributed by atoms with van der Waals surface area (Å²) in [6.45, 7) is 0. The van der Waals surface area contributed by atoms with Crippen molar-refractivity contribution in [3.05, 3.63) is 64.9 Å². The lowest BCUT2D eigenvalue weighted by molar-refractivity contribution is -0.140. The number of rotatable bonds is 6. The van der Waals surface area contributed by atoms with Crippen LogP contribution < -0.4 is 4.74 Å². The van der Waals surface area contributed by atoms with Gasteiger partial charge in [-0.3, -0.25) is 9.59 Å². The molecule has 0 atom stereocenters. The van der Waals surface area contributed by atoms with E-state index in [4.69, 9.17) is 9.15 Å². The van der Waals surface area contributed by atoms with E-state index in [-0.39, 0.29) is 18.6 Å². The monoisotopic (exact) mass is 363 g/mol. The topological polar surface area (TPSA) is 89.5 Å². The molecule has 136 valence electrons. The van der Waals surface area contributed by atoms with Crippen molar-refractivity contribution in [2.75, 3.05) is 14.2 Å². The maximum absolute atomic E-state index is 13.2. The number of ether oxygens (including phenoxy) is 2. The number of carbonyl (C=O) groups is 2. The summed E-state index contributed by atoms with van der Waals surface area (Å²) in [6.07, 6.45) is 0.310. The van der Waals surface area contributed by atoms with Crippen molar-refractivity contribution in [3.8, 4) is 11.8 Å². The van der Waals surface area contributed by atoms with Gasteiger partial charge >= 0.3 is 5.97 Å². The highest BCUT2D eigenvalue weighted by molar-refractivity contribution is 6.17. The number of methoxy groups -OCH3 is 2. The van der Waals surface area contributed by atoms with Crippen LogP contribution in [0.5, 0.6) is 5.75 Å². The molecule has 0 fully saturated rings. The fourth-order valence-electron chi connectivity index (χ4n) is 2.85. The molecule has 0 aliphatic rings. The average Bonchev–Trinajstić information content (AvgIpc) is 3.08. The minimum Gasteiger partial charge on any atom is -0.497 e. The van der Waals surface area contributed by atoms with Crippen molar-refractivity contribution >= 4 is 22.7 Å². The van der Waals surface area contributed by atoms with Crippen LogP contribution in [0, 0.1) is 11.3 Å². The van der Waals surface area contributed by atoms with Gasteiger partial charge in [0, 0.05) is 17.4 Å². The largest absolute Gasteiger partial charge is 0.497 e. The first-order valence-electron chi connectivity index (χ1n) is 8.28. The number of benzene rings is 2.